The Morgan fingerprint density at radius 3 is 2.80 bits per heavy atom. The zero-order valence-corrected chi connectivity index (χ0v) is 19.4. The van der Waals surface area contributed by atoms with Crippen molar-refractivity contribution in [3.63, 3.8) is 0 Å². The fourth-order valence-electron chi connectivity index (χ4n) is 4.53. The Labute approximate surface area is 182 Å². The minimum atomic E-state index is -1.35. The third kappa shape index (κ3) is 4.99. The smallest absolute Gasteiger partial charge is 0.143 e. The lowest BCUT2D eigenvalue weighted by atomic mass is 9.74. The number of halogens is 1. The molecular formula is C27H38FNO. The van der Waals surface area contributed by atoms with Gasteiger partial charge in [0.1, 0.15) is 17.0 Å². The summed E-state index contributed by atoms with van der Waals surface area (Å²) in [4.78, 5) is 2.37. The molecule has 3 heteroatoms. The van der Waals surface area contributed by atoms with Crippen molar-refractivity contribution in [1.29, 1.82) is 0 Å². The lowest BCUT2D eigenvalue weighted by Crippen LogP contribution is -2.37. The van der Waals surface area contributed by atoms with E-state index in [9.17, 15) is 0 Å². The van der Waals surface area contributed by atoms with Crippen molar-refractivity contribution in [2.24, 2.45) is 11.8 Å². The molecule has 0 aromatic heterocycles. The van der Waals surface area contributed by atoms with Crippen LogP contribution in [0.25, 0.3) is 0 Å². The van der Waals surface area contributed by atoms with Gasteiger partial charge < -0.3 is 9.64 Å². The SMILES string of the molecule is C=C(C)C(F)(CC(C)CC)C1C=C(CN2CCC(C)(C)Oc3ccccc32)C=CC1. The van der Waals surface area contributed by atoms with Gasteiger partial charge in [0, 0.05) is 25.4 Å². The largest absolute Gasteiger partial charge is 0.486 e. The first-order valence-corrected chi connectivity index (χ1v) is 11.4. The number of nitrogens with zero attached hydrogens (tertiary/aromatic N) is 1. The zero-order valence-electron chi connectivity index (χ0n) is 19.4. The van der Waals surface area contributed by atoms with Gasteiger partial charge in [-0.3, -0.25) is 0 Å². The molecule has 0 spiro atoms. The first-order valence-electron chi connectivity index (χ1n) is 11.4. The summed E-state index contributed by atoms with van der Waals surface area (Å²) in [5.74, 6) is 1.11. The normalized spacial score (nSPS) is 23.5. The molecular weight excluding hydrogens is 373 g/mol. The predicted octanol–water partition coefficient (Wildman–Crippen LogP) is 7.28. The van der Waals surface area contributed by atoms with Crippen LogP contribution in [0.4, 0.5) is 10.1 Å². The maximum absolute atomic E-state index is 16.2. The van der Waals surface area contributed by atoms with Crippen molar-refractivity contribution < 1.29 is 9.13 Å². The number of benzene rings is 1. The van der Waals surface area contributed by atoms with Gasteiger partial charge in [-0.25, -0.2) is 4.39 Å². The summed E-state index contributed by atoms with van der Waals surface area (Å²) in [5.41, 5.74) is 1.38. The van der Waals surface area contributed by atoms with E-state index in [4.69, 9.17) is 4.74 Å². The van der Waals surface area contributed by atoms with Crippen LogP contribution >= 0.6 is 0 Å². The second kappa shape index (κ2) is 8.99. The molecule has 2 aliphatic rings. The Hall–Kier alpha value is -2.03. The van der Waals surface area contributed by atoms with Crippen LogP contribution in [0.3, 0.4) is 0 Å². The summed E-state index contributed by atoms with van der Waals surface area (Å²) in [6, 6.07) is 8.25. The number of fused-ring (bicyclic) bond motifs is 1. The molecule has 3 unspecified atom stereocenters. The molecule has 164 valence electrons. The highest BCUT2D eigenvalue weighted by Gasteiger charge is 2.40. The third-order valence-electron chi connectivity index (χ3n) is 6.73. The van der Waals surface area contributed by atoms with Crippen molar-refractivity contribution in [3.8, 4) is 5.75 Å². The van der Waals surface area contributed by atoms with E-state index in [1.54, 1.807) is 0 Å². The summed E-state index contributed by atoms with van der Waals surface area (Å²) in [5, 5.41) is 0. The molecule has 1 aromatic rings. The molecule has 0 saturated carbocycles. The summed E-state index contributed by atoms with van der Waals surface area (Å²) >= 11 is 0. The Morgan fingerprint density at radius 1 is 1.37 bits per heavy atom. The van der Waals surface area contributed by atoms with E-state index in [0.717, 1.165) is 43.8 Å². The van der Waals surface area contributed by atoms with Gasteiger partial charge in [0.2, 0.25) is 0 Å². The monoisotopic (exact) mass is 411 g/mol. The average Bonchev–Trinajstić information content (AvgIpc) is 2.83. The number of hydrogen-bond donors (Lipinski definition) is 0. The van der Waals surface area contributed by atoms with Crippen LogP contribution in [-0.4, -0.2) is 24.4 Å². The van der Waals surface area contributed by atoms with Gasteiger partial charge in [0.25, 0.3) is 0 Å². The van der Waals surface area contributed by atoms with E-state index >= 15 is 4.39 Å². The fraction of sp³-hybridized carbons (Fsp3) is 0.556. The Balaban J connectivity index is 1.85. The highest BCUT2D eigenvalue weighted by atomic mass is 19.1. The topological polar surface area (TPSA) is 12.5 Å². The minimum Gasteiger partial charge on any atom is -0.486 e. The molecule has 0 saturated heterocycles. The van der Waals surface area contributed by atoms with E-state index in [-0.39, 0.29) is 11.5 Å². The molecule has 1 aliphatic carbocycles. The van der Waals surface area contributed by atoms with Gasteiger partial charge in [-0.15, -0.1) is 0 Å². The number of ether oxygens (including phenoxy) is 1. The molecule has 1 aliphatic heterocycles. The molecule has 0 N–H and O–H groups in total. The zero-order chi connectivity index (χ0) is 21.9. The van der Waals surface area contributed by atoms with Gasteiger partial charge >= 0.3 is 0 Å². The molecule has 3 rings (SSSR count). The van der Waals surface area contributed by atoms with Gasteiger partial charge in [0.05, 0.1) is 5.69 Å². The van der Waals surface area contributed by atoms with Crippen LogP contribution in [0, 0.1) is 11.8 Å². The molecule has 0 bridgehead atoms. The van der Waals surface area contributed by atoms with Crippen LogP contribution in [0.2, 0.25) is 0 Å². The van der Waals surface area contributed by atoms with Crippen LogP contribution < -0.4 is 9.64 Å². The van der Waals surface area contributed by atoms with E-state index in [0.29, 0.717) is 17.9 Å². The molecule has 3 atom stereocenters. The molecule has 0 radical (unpaired) electrons. The highest BCUT2D eigenvalue weighted by Crippen LogP contribution is 2.42. The van der Waals surface area contributed by atoms with Crippen molar-refractivity contribution in [2.45, 2.75) is 71.6 Å². The average molecular weight is 412 g/mol. The van der Waals surface area contributed by atoms with Crippen molar-refractivity contribution in [2.75, 3.05) is 18.0 Å². The van der Waals surface area contributed by atoms with Crippen molar-refractivity contribution in [1.82, 2.24) is 0 Å². The van der Waals surface area contributed by atoms with Crippen molar-refractivity contribution >= 4 is 5.69 Å². The quantitative estimate of drug-likeness (QED) is 0.437. The Bertz CT molecular complexity index is 824. The van der Waals surface area contributed by atoms with Gasteiger partial charge in [-0.2, -0.15) is 0 Å². The fourth-order valence-corrected chi connectivity index (χ4v) is 4.53. The van der Waals surface area contributed by atoms with Crippen LogP contribution in [0.5, 0.6) is 5.75 Å². The molecule has 1 aromatic carbocycles. The second-order valence-electron chi connectivity index (χ2n) is 9.85. The second-order valence-corrected chi connectivity index (χ2v) is 9.85. The number of alkyl halides is 1. The number of allylic oxidation sites excluding steroid dienone is 3. The van der Waals surface area contributed by atoms with Gasteiger partial charge in [0.15, 0.2) is 0 Å². The highest BCUT2D eigenvalue weighted by molar-refractivity contribution is 5.60. The van der Waals surface area contributed by atoms with Crippen molar-refractivity contribution in [3.05, 3.63) is 60.2 Å². The van der Waals surface area contributed by atoms with Crippen LogP contribution in [-0.2, 0) is 0 Å². The van der Waals surface area contributed by atoms with Crippen LogP contribution in [0.1, 0.15) is 60.3 Å². The molecule has 0 fully saturated rings. The minimum absolute atomic E-state index is 0.154. The van der Waals surface area contributed by atoms with Crippen LogP contribution in [0.15, 0.2) is 60.2 Å². The summed E-state index contributed by atoms with van der Waals surface area (Å²) in [6.07, 6.45) is 9.66. The summed E-state index contributed by atoms with van der Waals surface area (Å²) in [6.45, 7) is 16.1. The predicted molar refractivity (Wildman–Crippen MR) is 126 cm³/mol. The van der Waals surface area contributed by atoms with Gasteiger partial charge in [-0.1, -0.05) is 57.2 Å². The first kappa shape index (κ1) is 22.7. The maximum atomic E-state index is 16.2. The number of hydrogen-bond acceptors (Lipinski definition) is 2. The molecule has 2 nitrogen and oxygen atoms in total. The standard InChI is InChI=1S/C27H38FNO/c1-7-21(4)18-27(28,20(2)3)23-12-10-11-22(17-23)19-29-16-15-26(5,6)30-25-14-9-8-13-24(25)29/h8-11,13-14,17,21,23H,2,7,12,15-16,18-19H2,1,3-6H3. The lowest BCUT2D eigenvalue weighted by Gasteiger charge is -2.36. The summed E-state index contributed by atoms with van der Waals surface area (Å²) in [7, 11) is 0. The van der Waals surface area contributed by atoms with E-state index < -0.39 is 5.67 Å². The van der Waals surface area contributed by atoms with E-state index in [1.807, 2.05) is 19.1 Å². The molecule has 30 heavy (non-hydrogen) atoms. The van der Waals surface area contributed by atoms with E-state index in [1.165, 1.54) is 5.57 Å². The lowest BCUT2D eigenvalue weighted by molar-refractivity contribution is 0.108. The summed E-state index contributed by atoms with van der Waals surface area (Å²) < 4.78 is 22.5. The Kier molecular flexibility index (Phi) is 6.79. The molecule has 0 amide bonds. The van der Waals surface area contributed by atoms with Gasteiger partial charge in [-0.05, 0) is 62.8 Å². The van der Waals surface area contributed by atoms with E-state index in [2.05, 4.69) is 69.5 Å². The Morgan fingerprint density at radius 2 is 2.10 bits per heavy atom. The number of para-hydroxylation sites is 2. The first-order chi connectivity index (χ1) is 14.1. The molecule has 1 heterocycles. The number of rotatable bonds is 7. The third-order valence-corrected chi connectivity index (χ3v) is 6.73. The maximum Gasteiger partial charge on any atom is 0.143 e. The number of anilines is 1.